The molecule has 0 saturated carbocycles. The number of aliphatic hydroxyl groups excluding tert-OH is 1. The quantitative estimate of drug-likeness (QED) is 0.652. The van der Waals surface area contributed by atoms with Crippen LogP contribution in [0.4, 0.5) is 0 Å². The van der Waals surface area contributed by atoms with E-state index in [1.54, 1.807) is 0 Å². The average Bonchev–Trinajstić information content (AvgIpc) is 1.88. The van der Waals surface area contributed by atoms with Gasteiger partial charge in [-0.05, 0) is 19.8 Å². The molecule has 1 unspecified atom stereocenters. The zero-order valence-corrected chi connectivity index (χ0v) is 7.91. The number of aliphatic hydroxyl groups is 1. The molecular weight excluding hydrogens is 185 g/mol. The van der Waals surface area contributed by atoms with E-state index in [-0.39, 0.29) is 0 Å². The van der Waals surface area contributed by atoms with Crippen LogP contribution in [0.3, 0.4) is 0 Å². The molecule has 0 aliphatic carbocycles. The van der Waals surface area contributed by atoms with Gasteiger partial charge in [0.15, 0.2) is 0 Å². The van der Waals surface area contributed by atoms with Crippen molar-refractivity contribution in [2.75, 3.05) is 11.8 Å². The first-order valence-corrected chi connectivity index (χ1v) is 4.55. The average molecular weight is 199 g/mol. The summed E-state index contributed by atoms with van der Waals surface area (Å²) in [6, 6.07) is 0. The largest absolute Gasteiger partial charge is 0.391 e. The van der Waals surface area contributed by atoms with Crippen molar-refractivity contribution in [2.45, 2.75) is 24.5 Å². The smallest absolute Gasteiger partial charge is 0.0721 e. The van der Waals surface area contributed by atoms with E-state index in [9.17, 15) is 5.11 Å². The normalized spacial score (nSPS) is 15.0. The molecule has 4 heteroatoms. The minimum Gasteiger partial charge on any atom is -0.391 e. The van der Waals surface area contributed by atoms with Crippen molar-refractivity contribution < 1.29 is 5.11 Å². The summed E-state index contributed by atoms with van der Waals surface area (Å²) in [7, 11) is 0. The van der Waals surface area contributed by atoms with Crippen molar-refractivity contribution in [1.29, 1.82) is 0 Å². The molecule has 1 radical (unpaired) electrons. The Morgan fingerprint density at radius 2 is 1.73 bits per heavy atom. The fraction of sp³-hybridized carbons (Fsp3) is 0.857. The van der Waals surface area contributed by atoms with Gasteiger partial charge in [-0.3, -0.25) is 0 Å². The molecule has 67 valence electrons. The van der Waals surface area contributed by atoms with Gasteiger partial charge in [0.05, 0.1) is 6.10 Å². The first-order valence-electron chi connectivity index (χ1n) is 3.49. The van der Waals surface area contributed by atoms with Crippen LogP contribution in [-0.4, -0.2) is 28.5 Å². The summed E-state index contributed by atoms with van der Waals surface area (Å²) in [6.07, 6.45) is 0.262. The Kier molecular flexibility index (Phi) is 5.44. The van der Waals surface area contributed by atoms with Crippen molar-refractivity contribution in [3.63, 3.8) is 0 Å². The molecular formula is C7H14Cl2NO. The third-order valence-corrected chi connectivity index (χ3v) is 2.16. The maximum absolute atomic E-state index is 9.18. The molecule has 1 atom stereocenters. The lowest BCUT2D eigenvalue weighted by atomic mass is 9.89. The number of halogens is 2. The Morgan fingerprint density at radius 3 is 1.91 bits per heavy atom. The van der Waals surface area contributed by atoms with E-state index in [1.807, 2.05) is 0 Å². The molecule has 0 aromatic carbocycles. The van der Waals surface area contributed by atoms with Crippen LogP contribution in [0, 0.1) is 6.92 Å². The van der Waals surface area contributed by atoms with E-state index >= 15 is 0 Å². The van der Waals surface area contributed by atoms with Gasteiger partial charge in [0, 0.05) is 17.3 Å². The molecule has 0 aromatic rings. The highest BCUT2D eigenvalue weighted by molar-refractivity contribution is 6.18. The van der Waals surface area contributed by atoms with E-state index in [2.05, 4.69) is 6.92 Å². The Morgan fingerprint density at radius 1 is 1.36 bits per heavy atom. The summed E-state index contributed by atoms with van der Waals surface area (Å²) < 4.78 is 0. The zero-order valence-electron chi connectivity index (χ0n) is 6.39. The molecule has 0 amide bonds. The predicted octanol–water partition coefficient (Wildman–Crippen LogP) is 1.14. The minimum absolute atomic E-state index is 0.417. The fourth-order valence-electron chi connectivity index (χ4n) is 0.810. The lowest BCUT2D eigenvalue weighted by molar-refractivity contribution is 0.118. The number of alkyl halides is 2. The molecule has 2 nitrogen and oxygen atoms in total. The molecule has 0 spiro atoms. The van der Waals surface area contributed by atoms with Gasteiger partial charge in [0.25, 0.3) is 0 Å². The molecule has 0 bridgehead atoms. The molecule has 0 heterocycles. The van der Waals surface area contributed by atoms with Gasteiger partial charge in [-0.15, -0.1) is 23.2 Å². The van der Waals surface area contributed by atoms with E-state index in [0.29, 0.717) is 24.6 Å². The van der Waals surface area contributed by atoms with E-state index < -0.39 is 11.6 Å². The molecule has 0 saturated heterocycles. The van der Waals surface area contributed by atoms with Crippen molar-refractivity contribution >= 4 is 23.2 Å². The van der Waals surface area contributed by atoms with Crippen molar-refractivity contribution in [1.82, 2.24) is 0 Å². The van der Waals surface area contributed by atoms with Gasteiger partial charge < -0.3 is 10.8 Å². The van der Waals surface area contributed by atoms with Crippen LogP contribution in [-0.2, 0) is 0 Å². The zero-order chi connectivity index (χ0) is 8.91. The van der Waals surface area contributed by atoms with Crippen LogP contribution >= 0.6 is 23.2 Å². The summed E-state index contributed by atoms with van der Waals surface area (Å²) in [4.78, 5) is 0. The topological polar surface area (TPSA) is 46.2 Å². The molecule has 0 aliphatic rings. The standard InChI is InChI=1S/C7H14Cl2NO/c1-6(11)7(10,2-4-8)3-5-9/h6,11H,1-5,10H2. The van der Waals surface area contributed by atoms with Gasteiger partial charge in [0.1, 0.15) is 0 Å². The maximum Gasteiger partial charge on any atom is 0.0721 e. The second-order valence-electron chi connectivity index (χ2n) is 2.63. The fourth-order valence-corrected chi connectivity index (χ4v) is 1.51. The van der Waals surface area contributed by atoms with E-state index in [4.69, 9.17) is 28.9 Å². The second kappa shape index (κ2) is 5.20. The maximum atomic E-state index is 9.18. The van der Waals surface area contributed by atoms with Crippen LogP contribution in [0.5, 0.6) is 0 Å². The first-order chi connectivity index (χ1) is 5.06. The van der Waals surface area contributed by atoms with Crippen molar-refractivity contribution in [3.05, 3.63) is 6.92 Å². The van der Waals surface area contributed by atoms with Crippen LogP contribution in [0.15, 0.2) is 0 Å². The number of hydrogen-bond donors (Lipinski definition) is 2. The monoisotopic (exact) mass is 198 g/mol. The highest BCUT2D eigenvalue weighted by Gasteiger charge is 2.29. The third-order valence-electron chi connectivity index (χ3n) is 1.78. The molecule has 3 N–H and O–H groups in total. The van der Waals surface area contributed by atoms with E-state index in [1.165, 1.54) is 0 Å². The molecule has 0 fully saturated rings. The summed E-state index contributed by atoms with van der Waals surface area (Å²) in [5, 5.41) is 9.18. The van der Waals surface area contributed by atoms with Gasteiger partial charge in [-0.25, -0.2) is 0 Å². The summed E-state index contributed by atoms with van der Waals surface area (Å²) in [6.45, 7) is 3.46. The van der Waals surface area contributed by atoms with E-state index in [0.717, 1.165) is 0 Å². The molecule has 0 aliphatic heterocycles. The number of rotatable bonds is 5. The Labute approximate surface area is 77.7 Å². The van der Waals surface area contributed by atoms with Gasteiger partial charge in [0.2, 0.25) is 0 Å². The lowest BCUT2D eigenvalue weighted by Gasteiger charge is -2.30. The van der Waals surface area contributed by atoms with Crippen LogP contribution < -0.4 is 5.73 Å². The number of nitrogens with two attached hydrogens (primary N) is 1. The van der Waals surface area contributed by atoms with Crippen LogP contribution in [0.1, 0.15) is 12.8 Å². The lowest BCUT2D eigenvalue weighted by Crippen LogP contribution is -2.50. The SMILES string of the molecule is [CH2]C(O)C(N)(CCCl)CCCl. The minimum atomic E-state index is -0.806. The van der Waals surface area contributed by atoms with Crippen LogP contribution in [0.25, 0.3) is 0 Å². The summed E-state index contributed by atoms with van der Waals surface area (Å²) in [5.41, 5.74) is 5.06. The summed E-state index contributed by atoms with van der Waals surface area (Å²) >= 11 is 11.0. The number of hydrogen-bond acceptors (Lipinski definition) is 2. The Bertz CT molecular complexity index is 103. The Balaban J connectivity index is 4.01. The second-order valence-corrected chi connectivity index (χ2v) is 3.38. The predicted molar refractivity (Wildman–Crippen MR) is 49.0 cm³/mol. The highest BCUT2D eigenvalue weighted by atomic mass is 35.5. The first kappa shape index (κ1) is 11.5. The summed E-state index contributed by atoms with van der Waals surface area (Å²) in [5.74, 6) is 0.833. The molecule has 0 rings (SSSR count). The Hall–Kier alpha value is 0.500. The van der Waals surface area contributed by atoms with Crippen molar-refractivity contribution in [3.8, 4) is 0 Å². The highest BCUT2D eigenvalue weighted by Crippen LogP contribution is 2.18. The van der Waals surface area contributed by atoms with Gasteiger partial charge in [-0.1, -0.05) is 0 Å². The molecule has 0 aromatic heterocycles. The van der Waals surface area contributed by atoms with Crippen LogP contribution in [0.2, 0.25) is 0 Å². The molecule has 11 heavy (non-hydrogen) atoms. The van der Waals surface area contributed by atoms with Gasteiger partial charge in [-0.2, -0.15) is 0 Å². The van der Waals surface area contributed by atoms with Crippen molar-refractivity contribution in [2.24, 2.45) is 5.73 Å². The third kappa shape index (κ3) is 3.61. The van der Waals surface area contributed by atoms with Gasteiger partial charge >= 0.3 is 0 Å².